The zero-order valence-corrected chi connectivity index (χ0v) is 22.5. The zero-order chi connectivity index (χ0) is 26.8. The predicted octanol–water partition coefficient (Wildman–Crippen LogP) is 0.990. The minimum atomic E-state index is -3.52. The first kappa shape index (κ1) is 26.7. The van der Waals surface area contributed by atoms with Crippen LogP contribution in [0, 0.1) is 35.5 Å². The smallest absolute Gasteiger partial charge is 0.551 e. The number of rotatable bonds is 4. The molecule has 2 saturated heterocycles. The Bertz CT molecular complexity index is 987. The van der Waals surface area contributed by atoms with Gasteiger partial charge in [0.2, 0.25) is 0 Å². The number of carbonyl (C=O) groups excluding carboxylic acids is 6. The zero-order valence-electron chi connectivity index (χ0n) is 20.2. The fourth-order valence-corrected chi connectivity index (χ4v) is 7.72. The van der Waals surface area contributed by atoms with Gasteiger partial charge < -0.3 is 22.7 Å². The highest BCUT2D eigenvalue weighted by molar-refractivity contribution is 6.45. The van der Waals surface area contributed by atoms with E-state index in [1.165, 1.54) is 0 Å². The van der Waals surface area contributed by atoms with Gasteiger partial charge in [0.1, 0.15) is 0 Å². The molecule has 198 valence electrons. The second-order valence-electron chi connectivity index (χ2n) is 9.67. The van der Waals surface area contributed by atoms with Gasteiger partial charge in [-0.05, 0) is 38.5 Å². The van der Waals surface area contributed by atoms with Gasteiger partial charge in [-0.1, -0.05) is 36.5 Å². The molecular weight excluding hydrogens is 534 g/mol. The van der Waals surface area contributed by atoms with Crippen molar-refractivity contribution in [2.75, 3.05) is 0 Å². The summed E-state index contributed by atoms with van der Waals surface area (Å²) in [5.74, 6) is -9.27. The molecule has 0 amide bonds. The van der Waals surface area contributed by atoms with E-state index >= 15 is 0 Å². The van der Waals surface area contributed by atoms with Crippen LogP contribution in [0.2, 0.25) is 0 Å². The van der Waals surface area contributed by atoms with Crippen LogP contribution in [0.3, 0.4) is 0 Å². The standard InChI is InChI=1S/3C8H10O4.2Al/c3*9-7(10)5-3-1-2-4-6(5)8(11)12;;/h3*1-2,5-6H,3-4H2,(H,9,10)(H,11,12);;/q;;;2*+3/p-6/t3*5-,6+;;. The summed E-state index contributed by atoms with van der Waals surface area (Å²) in [4.78, 5) is 76.2. The Hall–Kier alpha value is -2.90. The number of hydrogen-bond donors (Lipinski definition) is 0. The Kier molecular flexibility index (Phi) is 8.05. The lowest BCUT2D eigenvalue weighted by molar-refractivity contribution is -0.158. The summed E-state index contributed by atoms with van der Waals surface area (Å²) < 4.78 is 31.6. The van der Waals surface area contributed by atoms with Crippen molar-refractivity contribution < 1.29 is 51.5 Å². The average molecular weight is 558 g/mol. The monoisotopic (exact) mass is 558 g/mol. The van der Waals surface area contributed by atoms with Crippen LogP contribution in [0.25, 0.3) is 0 Å². The Balaban J connectivity index is 1.23. The number of carbonyl (C=O) groups is 6. The molecule has 0 aromatic rings. The van der Waals surface area contributed by atoms with Gasteiger partial charge in [-0.25, -0.2) is 0 Å². The van der Waals surface area contributed by atoms with Gasteiger partial charge in [-0.3, -0.25) is 28.8 Å². The van der Waals surface area contributed by atoms with Crippen molar-refractivity contribution in [3.8, 4) is 0 Å². The molecule has 0 aromatic heterocycles. The van der Waals surface area contributed by atoms with Crippen molar-refractivity contribution in [3.63, 3.8) is 0 Å². The summed E-state index contributed by atoms with van der Waals surface area (Å²) in [5.41, 5.74) is 0. The first-order valence-corrected chi connectivity index (χ1v) is 15.3. The largest absolute Gasteiger partial charge is 1.20 e. The first-order chi connectivity index (χ1) is 18.3. The summed E-state index contributed by atoms with van der Waals surface area (Å²) >= 11 is -7.03. The summed E-state index contributed by atoms with van der Waals surface area (Å²) in [5, 5.41) is 0. The lowest BCUT2D eigenvalue weighted by Gasteiger charge is -2.26. The molecule has 0 aromatic carbocycles. The summed E-state index contributed by atoms with van der Waals surface area (Å²) in [6, 6.07) is 0. The molecule has 3 aliphatic carbocycles. The Labute approximate surface area is 227 Å². The molecule has 2 aliphatic heterocycles. The number of fused-ring (bicyclic) bond motifs is 2. The second-order valence-corrected chi connectivity index (χ2v) is 12.2. The van der Waals surface area contributed by atoms with Crippen LogP contribution in [0.5, 0.6) is 0 Å². The molecule has 0 bridgehead atoms. The van der Waals surface area contributed by atoms with Crippen molar-refractivity contribution >= 4 is 66.1 Å². The average Bonchev–Trinajstić information content (AvgIpc) is 3.11. The highest BCUT2D eigenvalue weighted by Crippen LogP contribution is 2.34. The second kappa shape index (κ2) is 11.5. The van der Waals surface area contributed by atoms with Gasteiger partial charge in [0.25, 0.3) is 35.8 Å². The van der Waals surface area contributed by atoms with Crippen LogP contribution < -0.4 is 0 Å². The molecule has 5 rings (SSSR count). The van der Waals surface area contributed by atoms with E-state index in [1.54, 1.807) is 36.5 Å². The van der Waals surface area contributed by atoms with Gasteiger partial charge in [0.15, 0.2) is 0 Å². The van der Waals surface area contributed by atoms with Crippen LogP contribution in [0.1, 0.15) is 38.5 Å². The molecule has 0 unspecified atom stereocenters. The van der Waals surface area contributed by atoms with Crippen molar-refractivity contribution in [1.29, 1.82) is 0 Å². The highest BCUT2D eigenvalue weighted by Gasteiger charge is 2.58. The highest BCUT2D eigenvalue weighted by atomic mass is 27.3. The van der Waals surface area contributed by atoms with Gasteiger partial charge in [0, 0.05) is 0 Å². The minimum absolute atomic E-state index is 0.110. The molecule has 2 heterocycles. The quantitative estimate of drug-likeness (QED) is 0.357. The Morgan fingerprint density at radius 2 is 0.789 bits per heavy atom. The third-order valence-electron chi connectivity index (χ3n) is 7.39. The lowest BCUT2D eigenvalue weighted by Crippen LogP contribution is -2.42. The predicted molar refractivity (Wildman–Crippen MR) is 124 cm³/mol. The van der Waals surface area contributed by atoms with E-state index in [1.807, 2.05) is 0 Å². The van der Waals surface area contributed by atoms with Crippen LogP contribution in [0.15, 0.2) is 36.5 Å². The molecule has 6 atom stereocenters. The molecular formula is C24H24Al2O12. The summed E-state index contributed by atoms with van der Waals surface area (Å²) in [6.45, 7) is 0. The Morgan fingerprint density at radius 1 is 0.526 bits per heavy atom. The fourth-order valence-electron chi connectivity index (χ4n) is 5.24. The van der Waals surface area contributed by atoms with E-state index in [0.29, 0.717) is 25.7 Å². The van der Waals surface area contributed by atoms with Gasteiger partial charge in [-0.2, -0.15) is 0 Å². The van der Waals surface area contributed by atoms with Crippen molar-refractivity contribution in [3.05, 3.63) is 36.5 Å². The summed E-state index contributed by atoms with van der Waals surface area (Å²) in [6.07, 6.45) is 12.0. The van der Waals surface area contributed by atoms with Crippen molar-refractivity contribution in [2.24, 2.45) is 35.5 Å². The third-order valence-corrected chi connectivity index (χ3v) is 9.94. The molecule has 0 saturated carbocycles. The first-order valence-electron chi connectivity index (χ1n) is 12.5. The van der Waals surface area contributed by atoms with Crippen molar-refractivity contribution in [2.45, 2.75) is 38.5 Å². The molecule has 12 nitrogen and oxygen atoms in total. The van der Waals surface area contributed by atoms with Crippen molar-refractivity contribution in [1.82, 2.24) is 0 Å². The number of hydrogen-bond acceptors (Lipinski definition) is 12. The fraction of sp³-hybridized carbons (Fsp3) is 0.500. The van der Waals surface area contributed by atoms with E-state index in [4.69, 9.17) is 22.7 Å². The maximum absolute atomic E-state index is 13.1. The van der Waals surface area contributed by atoms with Crippen LogP contribution in [-0.2, 0) is 51.5 Å². The van der Waals surface area contributed by atoms with Gasteiger partial charge in [0.05, 0.1) is 35.5 Å². The molecule has 0 N–H and O–H groups in total. The van der Waals surface area contributed by atoms with E-state index in [0.717, 1.165) is 0 Å². The maximum atomic E-state index is 13.1. The van der Waals surface area contributed by atoms with Crippen LogP contribution >= 0.6 is 0 Å². The molecule has 2 fully saturated rings. The van der Waals surface area contributed by atoms with E-state index in [-0.39, 0.29) is 12.8 Å². The van der Waals surface area contributed by atoms with E-state index in [2.05, 4.69) is 0 Å². The molecule has 38 heavy (non-hydrogen) atoms. The lowest BCUT2D eigenvalue weighted by atomic mass is 9.83. The SMILES string of the molecule is O=C1[O][Al]([O]C(=O)[C@H]2CC=CC[C@H]2C(=O)[O][Al]2[O]C(=O)[C@H]3CC=CC[C@H]3C(=O)[O]2)[O]C(=O)[C@@H]2CC=CC[C@H]12. The van der Waals surface area contributed by atoms with Crippen LogP contribution in [-0.4, -0.2) is 66.1 Å². The molecule has 0 radical (unpaired) electrons. The number of allylic oxidation sites excluding steroid dienone is 6. The van der Waals surface area contributed by atoms with Gasteiger partial charge in [-0.15, -0.1) is 0 Å². The van der Waals surface area contributed by atoms with Gasteiger partial charge >= 0.3 is 30.3 Å². The molecule has 0 spiro atoms. The molecule has 5 aliphatic rings. The Morgan fingerprint density at radius 3 is 1.08 bits per heavy atom. The minimum Gasteiger partial charge on any atom is -0.551 e. The maximum Gasteiger partial charge on any atom is 1.20 e. The third kappa shape index (κ3) is 5.59. The topological polar surface area (TPSA) is 158 Å². The normalized spacial score (nSPS) is 32.4. The van der Waals surface area contributed by atoms with E-state index < -0.39 is 102 Å². The molecule has 14 heteroatoms. The van der Waals surface area contributed by atoms with E-state index in [9.17, 15) is 28.8 Å². The summed E-state index contributed by atoms with van der Waals surface area (Å²) in [7, 11) is 0. The van der Waals surface area contributed by atoms with Crippen LogP contribution in [0.4, 0.5) is 0 Å².